The SMILES string of the molecule is CO[C@H]1[C@@H](C(=O)N(F)c2cccc(OC(F)(F)F)c2)N(C(=O)Cn2nc(C(N)=O)c3ccccc32)C[C@@H]1F. The minimum absolute atomic E-state index is 0.114. The molecule has 1 saturated heterocycles. The Kier molecular flexibility index (Phi) is 7.22. The lowest BCUT2D eigenvalue weighted by Gasteiger charge is -2.28. The number of rotatable bonds is 7. The van der Waals surface area contributed by atoms with Crippen LogP contribution in [-0.2, 0) is 20.9 Å². The second kappa shape index (κ2) is 10.2. The van der Waals surface area contributed by atoms with E-state index < -0.39 is 72.0 Å². The third-order valence-corrected chi connectivity index (χ3v) is 5.87. The predicted octanol–water partition coefficient (Wildman–Crippen LogP) is 2.52. The van der Waals surface area contributed by atoms with Gasteiger partial charge in [-0.25, -0.2) is 4.39 Å². The Morgan fingerprint density at radius 3 is 2.53 bits per heavy atom. The number of aromatic nitrogens is 2. The summed E-state index contributed by atoms with van der Waals surface area (Å²) < 4.78 is 77.5. The van der Waals surface area contributed by atoms with Gasteiger partial charge in [-0.1, -0.05) is 28.7 Å². The number of nitrogens with two attached hydrogens (primary N) is 1. The zero-order valence-electron chi connectivity index (χ0n) is 19.6. The molecule has 38 heavy (non-hydrogen) atoms. The number of hydrogen-bond donors (Lipinski definition) is 1. The highest BCUT2D eigenvalue weighted by molar-refractivity contribution is 6.04. The highest BCUT2D eigenvalue weighted by Crippen LogP contribution is 2.31. The Morgan fingerprint density at radius 1 is 1.16 bits per heavy atom. The van der Waals surface area contributed by atoms with Gasteiger partial charge in [-0.05, 0) is 18.2 Å². The zero-order chi connectivity index (χ0) is 27.8. The van der Waals surface area contributed by atoms with E-state index in [-0.39, 0.29) is 5.69 Å². The number of carbonyl (C=O) groups is 3. The Balaban J connectivity index is 1.62. The smallest absolute Gasteiger partial charge is 0.406 e. The van der Waals surface area contributed by atoms with Crippen LogP contribution in [-0.4, -0.2) is 70.7 Å². The van der Waals surface area contributed by atoms with Crippen molar-refractivity contribution in [1.29, 1.82) is 0 Å². The van der Waals surface area contributed by atoms with Crippen molar-refractivity contribution in [3.05, 3.63) is 54.2 Å². The summed E-state index contributed by atoms with van der Waals surface area (Å²) in [5.74, 6) is -3.97. The minimum Gasteiger partial charge on any atom is -0.406 e. The molecule has 3 amide bonds. The van der Waals surface area contributed by atoms with Gasteiger partial charge in [0.1, 0.15) is 30.6 Å². The van der Waals surface area contributed by atoms with Gasteiger partial charge >= 0.3 is 6.36 Å². The molecule has 2 heterocycles. The molecule has 0 aliphatic carbocycles. The van der Waals surface area contributed by atoms with Gasteiger partial charge in [-0.3, -0.25) is 19.1 Å². The fraction of sp³-hybridized carbons (Fsp3) is 0.304. The quantitative estimate of drug-likeness (QED) is 0.363. The maximum absolute atomic E-state index is 15.2. The summed E-state index contributed by atoms with van der Waals surface area (Å²) in [5.41, 5.74) is 4.95. The molecule has 10 nitrogen and oxygen atoms in total. The van der Waals surface area contributed by atoms with Gasteiger partial charge in [-0.2, -0.15) is 5.10 Å². The summed E-state index contributed by atoms with van der Waals surface area (Å²) in [7, 11) is 1.06. The molecule has 1 aliphatic heterocycles. The van der Waals surface area contributed by atoms with E-state index in [1.807, 2.05) is 0 Å². The molecule has 0 unspecified atom stereocenters. The van der Waals surface area contributed by atoms with Crippen molar-refractivity contribution in [2.75, 3.05) is 18.8 Å². The number of alkyl halides is 4. The largest absolute Gasteiger partial charge is 0.573 e. The number of halogens is 5. The molecule has 4 rings (SSSR count). The number of para-hydroxylation sites is 1. The third-order valence-electron chi connectivity index (χ3n) is 5.87. The zero-order valence-corrected chi connectivity index (χ0v) is 19.6. The van der Waals surface area contributed by atoms with Crippen LogP contribution in [0.2, 0.25) is 0 Å². The Bertz CT molecular complexity index is 1380. The van der Waals surface area contributed by atoms with Gasteiger partial charge in [0.15, 0.2) is 5.69 Å². The number of hydrogen-bond acceptors (Lipinski definition) is 6. The molecule has 3 aromatic rings. The molecule has 0 saturated carbocycles. The Morgan fingerprint density at radius 2 is 1.87 bits per heavy atom. The van der Waals surface area contributed by atoms with Crippen LogP contribution in [0.15, 0.2) is 48.5 Å². The normalized spacial score (nSPS) is 19.5. The van der Waals surface area contributed by atoms with E-state index >= 15 is 4.48 Å². The van der Waals surface area contributed by atoms with Gasteiger partial charge in [0.05, 0.1) is 17.7 Å². The van der Waals surface area contributed by atoms with E-state index in [0.717, 1.165) is 34.9 Å². The van der Waals surface area contributed by atoms with Crippen LogP contribution in [0.25, 0.3) is 10.9 Å². The van der Waals surface area contributed by atoms with Gasteiger partial charge in [0, 0.05) is 18.6 Å². The molecule has 1 aliphatic rings. The predicted molar refractivity (Wildman–Crippen MR) is 121 cm³/mol. The lowest BCUT2D eigenvalue weighted by molar-refractivity contribution is -0.274. The van der Waals surface area contributed by atoms with E-state index in [4.69, 9.17) is 10.5 Å². The van der Waals surface area contributed by atoms with Gasteiger partial charge in [-0.15, -0.1) is 18.3 Å². The first-order chi connectivity index (χ1) is 17.9. The summed E-state index contributed by atoms with van der Waals surface area (Å²) in [6.07, 6.45) is -8.52. The standard InChI is InChI=1S/C23H20F5N5O5/c1-37-20-15(24)10-31(17(34)11-32-16-8-3-2-7-14(16)18(30-32)21(29)35)19(20)22(36)33(28)12-5-4-6-13(9-12)38-23(25,26)27/h2-9,15,19-20H,10-11H2,1H3,(H2,29,35)/t15-,19-,20+/m0/s1. The molecule has 2 N–H and O–H groups in total. The van der Waals surface area contributed by atoms with E-state index in [9.17, 15) is 31.9 Å². The average Bonchev–Trinajstić information content (AvgIpc) is 3.40. The number of likely N-dealkylation sites (tertiary alicyclic amines) is 1. The molecule has 1 fully saturated rings. The Hall–Kier alpha value is -4.27. The molecule has 0 bridgehead atoms. The number of ether oxygens (including phenoxy) is 2. The summed E-state index contributed by atoms with van der Waals surface area (Å²) in [5, 5.41) is 3.89. The second-order valence-corrected chi connectivity index (χ2v) is 8.26. The monoisotopic (exact) mass is 541 g/mol. The van der Waals surface area contributed by atoms with Crippen molar-refractivity contribution in [2.24, 2.45) is 5.73 Å². The average molecular weight is 541 g/mol. The first-order valence-electron chi connectivity index (χ1n) is 11.0. The fourth-order valence-electron chi connectivity index (χ4n) is 4.28. The maximum atomic E-state index is 15.2. The lowest BCUT2D eigenvalue weighted by atomic mass is 10.1. The maximum Gasteiger partial charge on any atom is 0.573 e. The van der Waals surface area contributed by atoms with Gasteiger partial charge in [0.25, 0.3) is 11.8 Å². The molecule has 1 aromatic heterocycles. The van der Waals surface area contributed by atoms with Crippen molar-refractivity contribution in [3.8, 4) is 5.75 Å². The number of nitrogens with zero attached hydrogens (tertiary/aromatic N) is 4. The van der Waals surface area contributed by atoms with Crippen LogP contribution in [0.5, 0.6) is 5.75 Å². The molecule has 3 atom stereocenters. The van der Waals surface area contributed by atoms with Crippen molar-refractivity contribution < 1.29 is 45.9 Å². The first kappa shape index (κ1) is 26.8. The second-order valence-electron chi connectivity index (χ2n) is 8.26. The molecular weight excluding hydrogens is 521 g/mol. The summed E-state index contributed by atoms with van der Waals surface area (Å²) in [6.45, 7) is -1.21. The van der Waals surface area contributed by atoms with Crippen molar-refractivity contribution in [3.63, 3.8) is 0 Å². The molecule has 15 heteroatoms. The minimum atomic E-state index is -5.06. The summed E-state index contributed by atoms with van der Waals surface area (Å²) in [4.78, 5) is 38.8. The third kappa shape index (κ3) is 5.22. The lowest BCUT2D eigenvalue weighted by Crippen LogP contribution is -2.51. The summed E-state index contributed by atoms with van der Waals surface area (Å²) >= 11 is 0. The van der Waals surface area contributed by atoms with Gasteiger partial charge in [0.2, 0.25) is 5.91 Å². The first-order valence-corrected chi connectivity index (χ1v) is 11.0. The topological polar surface area (TPSA) is 120 Å². The highest BCUT2D eigenvalue weighted by Gasteiger charge is 2.50. The van der Waals surface area contributed by atoms with E-state index in [1.54, 1.807) is 24.3 Å². The van der Waals surface area contributed by atoms with Crippen molar-refractivity contribution >= 4 is 34.3 Å². The molecule has 2 aromatic carbocycles. The highest BCUT2D eigenvalue weighted by atomic mass is 19.4. The summed E-state index contributed by atoms with van der Waals surface area (Å²) in [6, 6.07) is 8.06. The van der Waals surface area contributed by atoms with Gasteiger partial charge < -0.3 is 20.1 Å². The number of methoxy groups -OCH3 is 1. The molecular formula is C23H20F5N5O5. The number of fused-ring (bicyclic) bond motifs is 1. The fourth-order valence-corrected chi connectivity index (χ4v) is 4.28. The van der Waals surface area contributed by atoms with Crippen LogP contribution in [0, 0.1) is 0 Å². The molecule has 202 valence electrons. The van der Waals surface area contributed by atoms with Crippen LogP contribution < -0.4 is 15.6 Å². The molecule has 0 spiro atoms. The van der Waals surface area contributed by atoms with Crippen molar-refractivity contribution in [2.45, 2.75) is 31.2 Å². The van der Waals surface area contributed by atoms with E-state index in [0.29, 0.717) is 17.0 Å². The Labute approximate surface area is 211 Å². The van der Waals surface area contributed by atoms with Crippen LogP contribution in [0.1, 0.15) is 10.5 Å². The number of benzene rings is 2. The number of carbonyl (C=O) groups excluding carboxylic acids is 3. The van der Waals surface area contributed by atoms with Crippen LogP contribution in [0.4, 0.5) is 27.7 Å². The van der Waals surface area contributed by atoms with E-state index in [1.165, 1.54) is 0 Å². The number of anilines is 1. The van der Waals surface area contributed by atoms with E-state index in [2.05, 4.69) is 9.84 Å². The van der Waals surface area contributed by atoms with Crippen molar-refractivity contribution in [1.82, 2.24) is 14.7 Å². The van der Waals surface area contributed by atoms with Crippen LogP contribution >= 0.6 is 0 Å². The number of amides is 3. The molecule has 0 radical (unpaired) electrons. The number of primary amides is 1. The van der Waals surface area contributed by atoms with Crippen LogP contribution in [0.3, 0.4) is 0 Å².